The SMILES string of the molecule is CCCc1ccc(OCCNC(=O)[C@@H](C)N(c2ccc(C)cc2)S(C)(=O)=O)cc1. The van der Waals surface area contributed by atoms with Crippen LogP contribution in [0, 0.1) is 6.92 Å². The van der Waals surface area contributed by atoms with Gasteiger partial charge in [-0.05, 0) is 50.1 Å². The van der Waals surface area contributed by atoms with E-state index in [0.29, 0.717) is 12.3 Å². The number of carbonyl (C=O) groups is 1. The van der Waals surface area contributed by atoms with Crippen molar-refractivity contribution in [2.45, 2.75) is 39.7 Å². The third-order valence-electron chi connectivity index (χ3n) is 4.51. The maximum absolute atomic E-state index is 12.5. The molecule has 7 heteroatoms. The molecule has 1 atom stereocenters. The van der Waals surface area contributed by atoms with Gasteiger partial charge < -0.3 is 10.1 Å². The van der Waals surface area contributed by atoms with Crippen LogP contribution in [0.25, 0.3) is 0 Å². The highest BCUT2D eigenvalue weighted by atomic mass is 32.2. The van der Waals surface area contributed by atoms with Crippen molar-refractivity contribution in [2.75, 3.05) is 23.7 Å². The molecule has 2 aromatic rings. The summed E-state index contributed by atoms with van der Waals surface area (Å²) < 4.78 is 31.3. The third-order valence-corrected chi connectivity index (χ3v) is 5.75. The Morgan fingerprint density at radius 2 is 1.72 bits per heavy atom. The largest absolute Gasteiger partial charge is 0.492 e. The molecule has 0 fully saturated rings. The zero-order valence-corrected chi connectivity index (χ0v) is 18.3. The van der Waals surface area contributed by atoms with Crippen LogP contribution in [-0.4, -0.2) is 39.8 Å². The standard InChI is InChI=1S/C22H30N2O4S/c1-5-6-19-9-13-21(14-10-19)28-16-15-23-22(25)18(3)24(29(4,26)27)20-11-7-17(2)8-12-20/h7-14,18H,5-6,15-16H2,1-4H3,(H,23,25)/t18-/m1/s1. The highest BCUT2D eigenvalue weighted by molar-refractivity contribution is 7.92. The van der Waals surface area contributed by atoms with E-state index in [1.165, 1.54) is 5.56 Å². The minimum absolute atomic E-state index is 0.283. The minimum atomic E-state index is -3.62. The molecule has 0 aliphatic carbocycles. The Hall–Kier alpha value is -2.54. The molecule has 2 aromatic carbocycles. The molecule has 29 heavy (non-hydrogen) atoms. The van der Waals surface area contributed by atoms with Gasteiger partial charge in [-0.15, -0.1) is 0 Å². The average Bonchev–Trinajstić information content (AvgIpc) is 2.67. The molecule has 6 nitrogen and oxygen atoms in total. The molecule has 0 bridgehead atoms. The number of hydrogen-bond donors (Lipinski definition) is 1. The first-order valence-electron chi connectivity index (χ1n) is 9.78. The monoisotopic (exact) mass is 418 g/mol. The molecule has 0 radical (unpaired) electrons. The quantitative estimate of drug-likeness (QED) is 0.601. The molecular weight excluding hydrogens is 388 g/mol. The van der Waals surface area contributed by atoms with Crippen molar-refractivity contribution in [3.63, 3.8) is 0 Å². The van der Waals surface area contributed by atoms with Crippen LogP contribution in [0.3, 0.4) is 0 Å². The first-order valence-corrected chi connectivity index (χ1v) is 11.6. The van der Waals surface area contributed by atoms with Crippen molar-refractivity contribution in [3.8, 4) is 5.75 Å². The number of sulfonamides is 1. The number of nitrogens with zero attached hydrogens (tertiary/aromatic N) is 1. The number of aryl methyl sites for hydroxylation is 2. The van der Waals surface area contributed by atoms with Gasteiger partial charge in [0.1, 0.15) is 18.4 Å². The van der Waals surface area contributed by atoms with Crippen molar-refractivity contribution in [1.29, 1.82) is 0 Å². The van der Waals surface area contributed by atoms with E-state index in [-0.39, 0.29) is 12.5 Å². The maximum atomic E-state index is 12.5. The topological polar surface area (TPSA) is 75.7 Å². The molecule has 0 aromatic heterocycles. The van der Waals surface area contributed by atoms with Gasteiger partial charge in [0.2, 0.25) is 15.9 Å². The van der Waals surface area contributed by atoms with Gasteiger partial charge in [0.05, 0.1) is 18.5 Å². The first kappa shape index (κ1) is 22.7. The van der Waals surface area contributed by atoms with Gasteiger partial charge in [-0.1, -0.05) is 43.2 Å². The van der Waals surface area contributed by atoms with Crippen LogP contribution in [0.5, 0.6) is 5.75 Å². The van der Waals surface area contributed by atoms with E-state index in [2.05, 4.69) is 12.2 Å². The van der Waals surface area contributed by atoms with Gasteiger partial charge in [-0.2, -0.15) is 0 Å². The van der Waals surface area contributed by atoms with Gasteiger partial charge in [0, 0.05) is 0 Å². The van der Waals surface area contributed by atoms with Crippen molar-refractivity contribution in [1.82, 2.24) is 5.32 Å². The molecule has 1 N–H and O–H groups in total. The number of carbonyl (C=O) groups excluding carboxylic acids is 1. The van der Waals surface area contributed by atoms with Crippen molar-refractivity contribution >= 4 is 21.6 Å². The molecule has 0 spiro atoms. The lowest BCUT2D eigenvalue weighted by Crippen LogP contribution is -2.48. The minimum Gasteiger partial charge on any atom is -0.492 e. The molecule has 158 valence electrons. The van der Waals surface area contributed by atoms with E-state index in [1.807, 2.05) is 43.3 Å². The fourth-order valence-electron chi connectivity index (χ4n) is 3.03. The van der Waals surface area contributed by atoms with Crippen molar-refractivity contribution in [2.24, 2.45) is 0 Å². The number of hydrogen-bond acceptors (Lipinski definition) is 4. The Morgan fingerprint density at radius 1 is 1.10 bits per heavy atom. The van der Waals surface area contributed by atoms with Gasteiger partial charge in [0.15, 0.2) is 0 Å². The highest BCUT2D eigenvalue weighted by Gasteiger charge is 2.28. The lowest BCUT2D eigenvalue weighted by molar-refractivity contribution is -0.121. The number of nitrogens with one attached hydrogen (secondary N) is 1. The van der Waals surface area contributed by atoms with Crippen LogP contribution in [0.1, 0.15) is 31.4 Å². The smallest absolute Gasteiger partial charge is 0.243 e. The molecule has 2 rings (SSSR count). The van der Waals surface area contributed by atoms with Crippen molar-refractivity contribution < 1.29 is 17.9 Å². The molecular formula is C22H30N2O4S. The summed E-state index contributed by atoms with van der Waals surface area (Å²) in [4.78, 5) is 12.5. The second-order valence-corrected chi connectivity index (χ2v) is 8.96. The normalized spacial score (nSPS) is 12.3. The number of benzene rings is 2. The summed E-state index contributed by atoms with van der Waals surface area (Å²) in [5, 5.41) is 2.75. The summed E-state index contributed by atoms with van der Waals surface area (Å²) in [7, 11) is -3.62. The van der Waals surface area contributed by atoms with Crippen LogP contribution >= 0.6 is 0 Å². The fourth-order valence-corrected chi connectivity index (χ4v) is 4.21. The molecule has 0 saturated carbocycles. The van der Waals surface area contributed by atoms with E-state index in [1.54, 1.807) is 19.1 Å². The second-order valence-electron chi connectivity index (χ2n) is 7.10. The van der Waals surface area contributed by atoms with E-state index < -0.39 is 16.1 Å². The average molecular weight is 419 g/mol. The van der Waals surface area contributed by atoms with Crippen LogP contribution in [-0.2, 0) is 21.2 Å². The summed E-state index contributed by atoms with van der Waals surface area (Å²) in [5.74, 6) is 0.363. The van der Waals surface area contributed by atoms with Gasteiger partial charge in [-0.3, -0.25) is 9.10 Å². The van der Waals surface area contributed by atoms with E-state index in [9.17, 15) is 13.2 Å². The summed E-state index contributed by atoms with van der Waals surface area (Å²) in [6.45, 7) is 6.21. The second kappa shape index (κ2) is 10.3. The van der Waals surface area contributed by atoms with Gasteiger partial charge >= 0.3 is 0 Å². The lowest BCUT2D eigenvalue weighted by Gasteiger charge is -2.28. The zero-order chi connectivity index (χ0) is 21.4. The molecule has 0 aliphatic rings. The molecule has 0 heterocycles. The number of amides is 1. The van der Waals surface area contributed by atoms with E-state index in [4.69, 9.17) is 4.74 Å². The van der Waals surface area contributed by atoms with Crippen LogP contribution in [0.4, 0.5) is 5.69 Å². The van der Waals surface area contributed by atoms with Crippen LogP contribution in [0.15, 0.2) is 48.5 Å². The zero-order valence-electron chi connectivity index (χ0n) is 17.5. The first-order chi connectivity index (χ1) is 13.7. The summed E-state index contributed by atoms with van der Waals surface area (Å²) in [5.41, 5.74) is 2.74. The highest BCUT2D eigenvalue weighted by Crippen LogP contribution is 2.21. The molecule has 0 saturated heterocycles. The predicted octanol–water partition coefficient (Wildman–Crippen LogP) is 3.30. The lowest BCUT2D eigenvalue weighted by atomic mass is 10.1. The number of anilines is 1. The predicted molar refractivity (Wildman–Crippen MR) is 117 cm³/mol. The molecule has 1 amide bonds. The Labute approximate surface area is 173 Å². The molecule has 0 aliphatic heterocycles. The summed E-state index contributed by atoms with van der Waals surface area (Å²) in [6, 6.07) is 14.1. The van der Waals surface area contributed by atoms with Crippen molar-refractivity contribution in [3.05, 3.63) is 59.7 Å². The van der Waals surface area contributed by atoms with Crippen LogP contribution < -0.4 is 14.4 Å². The van der Waals surface area contributed by atoms with E-state index >= 15 is 0 Å². The van der Waals surface area contributed by atoms with E-state index in [0.717, 1.165) is 34.7 Å². The molecule has 0 unspecified atom stereocenters. The Bertz CT molecular complexity index is 893. The fraction of sp³-hybridized carbons (Fsp3) is 0.409. The van der Waals surface area contributed by atoms with Gasteiger partial charge in [0.25, 0.3) is 0 Å². The summed E-state index contributed by atoms with van der Waals surface area (Å²) in [6.07, 6.45) is 3.23. The maximum Gasteiger partial charge on any atom is 0.243 e. The summed E-state index contributed by atoms with van der Waals surface area (Å²) >= 11 is 0. The Morgan fingerprint density at radius 3 is 2.28 bits per heavy atom. The third kappa shape index (κ3) is 6.78. The van der Waals surface area contributed by atoms with Crippen LogP contribution in [0.2, 0.25) is 0 Å². The number of rotatable bonds is 10. The Balaban J connectivity index is 1.91. The Kier molecular flexibility index (Phi) is 8.08. The number of ether oxygens (including phenoxy) is 1. The van der Waals surface area contributed by atoms with Gasteiger partial charge in [-0.25, -0.2) is 8.42 Å².